The molecule has 1 saturated carbocycles. The van der Waals surface area contributed by atoms with Crippen LogP contribution >= 0.6 is 23.4 Å². The van der Waals surface area contributed by atoms with Gasteiger partial charge in [-0.1, -0.05) is 30.7 Å². The van der Waals surface area contributed by atoms with E-state index in [1.165, 1.54) is 17.8 Å². The number of carboxylic acid groups (broad SMARTS) is 1. The molecule has 3 aromatic heterocycles. The minimum Gasteiger partial charge on any atom is -0.477 e. The minimum absolute atomic E-state index is 0.0101. The molecule has 0 saturated heterocycles. The zero-order valence-corrected chi connectivity index (χ0v) is 19.3. The molecule has 5 rings (SSSR count). The summed E-state index contributed by atoms with van der Waals surface area (Å²) in [5.74, 6) is -0.935. The van der Waals surface area contributed by atoms with E-state index in [0.717, 1.165) is 34.2 Å². The molecule has 168 valence electrons. The molecule has 0 atom stereocenters. The molecule has 0 spiro atoms. The number of carbonyl (C=O) groups is 2. The third-order valence-electron chi connectivity index (χ3n) is 5.54. The number of aromatic carboxylic acids is 1. The van der Waals surface area contributed by atoms with Gasteiger partial charge in [0, 0.05) is 21.9 Å². The van der Waals surface area contributed by atoms with Gasteiger partial charge in [-0.3, -0.25) is 4.79 Å². The number of aryl methyl sites for hydroxylation is 1. The van der Waals surface area contributed by atoms with Gasteiger partial charge in [-0.05, 0) is 49.2 Å². The zero-order valence-electron chi connectivity index (χ0n) is 17.7. The van der Waals surface area contributed by atoms with Gasteiger partial charge < -0.3 is 15.4 Å². The maximum atomic E-state index is 12.2. The number of H-pyrrole nitrogens is 1. The number of amides is 1. The van der Waals surface area contributed by atoms with E-state index in [4.69, 9.17) is 16.6 Å². The van der Waals surface area contributed by atoms with E-state index in [-0.39, 0.29) is 24.1 Å². The number of hydrogen-bond acceptors (Lipinski definition) is 6. The Balaban J connectivity index is 1.50. The molecule has 33 heavy (non-hydrogen) atoms. The summed E-state index contributed by atoms with van der Waals surface area (Å²) in [6.45, 7) is 2.27. The third kappa shape index (κ3) is 4.38. The molecule has 1 aromatic carbocycles. The van der Waals surface area contributed by atoms with Crippen LogP contribution in [0.15, 0.2) is 40.4 Å². The second-order valence-electron chi connectivity index (χ2n) is 7.90. The first-order valence-electron chi connectivity index (χ1n) is 10.6. The van der Waals surface area contributed by atoms with Gasteiger partial charge in [0.15, 0.2) is 5.16 Å². The minimum atomic E-state index is -1.07. The van der Waals surface area contributed by atoms with Gasteiger partial charge in [-0.25, -0.2) is 19.7 Å². The third-order valence-corrected chi connectivity index (χ3v) is 6.81. The van der Waals surface area contributed by atoms with E-state index in [2.05, 4.69) is 20.3 Å². The molecular formula is C23H20ClN5O3S. The van der Waals surface area contributed by atoms with Gasteiger partial charge in [0.1, 0.15) is 11.3 Å². The topological polar surface area (TPSA) is 121 Å². The molecule has 0 bridgehead atoms. The van der Waals surface area contributed by atoms with Crippen molar-refractivity contribution in [1.82, 2.24) is 25.3 Å². The van der Waals surface area contributed by atoms with Crippen molar-refractivity contribution in [2.24, 2.45) is 5.92 Å². The molecule has 8 nitrogen and oxygen atoms in total. The summed E-state index contributed by atoms with van der Waals surface area (Å²) in [4.78, 5) is 41.1. The van der Waals surface area contributed by atoms with Crippen LogP contribution in [0.4, 0.5) is 0 Å². The van der Waals surface area contributed by atoms with Gasteiger partial charge >= 0.3 is 5.97 Å². The Hall–Kier alpha value is -3.17. The van der Waals surface area contributed by atoms with Gasteiger partial charge in [-0.2, -0.15) is 0 Å². The number of halogens is 1. The number of rotatable bonds is 7. The summed E-state index contributed by atoms with van der Waals surface area (Å²) in [5.41, 5.74) is 2.72. The average Bonchev–Trinajstić information content (AvgIpc) is 3.60. The van der Waals surface area contributed by atoms with Gasteiger partial charge in [0.25, 0.3) is 0 Å². The summed E-state index contributed by atoms with van der Waals surface area (Å²) in [6, 6.07) is 8.82. The van der Waals surface area contributed by atoms with Crippen LogP contribution in [0.1, 0.15) is 41.6 Å². The highest BCUT2D eigenvalue weighted by Gasteiger charge is 2.29. The van der Waals surface area contributed by atoms with Crippen molar-refractivity contribution < 1.29 is 14.7 Å². The molecule has 0 radical (unpaired) electrons. The molecule has 4 aromatic rings. The number of carboxylic acids is 1. The SMILES string of the molecule is CCc1[nH]c2nc(Sc3ccc4ccc(C(=O)O)nc4c3)nc(CNC(=O)C3CC3)c2c1Cl. The number of benzene rings is 1. The lowest BCUT2D eigenvalue weighted by atomic mass is 10.2. The highest BCUT2D eigenvalue weighted by atomic mass is 35.5. The first-order valence-corrected chi connectivity index (χ1v) is 11.8. The van der Waals surface area contributed by atoms with Crippen LogP contribution in [-0.2, 0) is 17.8 Å². The maximum Gasteiger partial charge on any atom is 0.354 e. The van der Waals surface area contributed by atoms with Crippen molar-refractivity contribution in [3.63, 3.8) is 0 Å². The Morgan fingerprint density at radius 2 is 2.00 bits per heavy atom. The lowest BCUT2D eigenvalue weighted by Crippen LogP contribution is -2.25. The fourth-order valence-corrected chi connectivity index (χ4v) is 4.81. The quantitative estimate of drug-likeness (QED) is 0.330. The average molecular weight is 482 g/mol. The molecule has 0 aliphatic heterocycles. The second kappa shape index (κ2) is 8.64. The van der Waals surface area contributed by atoms with Crippen molar-refractivity contribution in [1.29, 1.82) is 0 Å². The highest BCUT2D eigenvalue weighted by molar-refractivity contribution is 7.99. The number of hydrogen-bond donors (Lipinski definition) is 3. The highest BCUT2D eigenvalue weighted by Crippen LogP contribution is 2.34. The number of pyridine rings is 1. The van der Waals surface area contributed by atoms with Crippen LogP contribution in [0.5, 0.6) is 0 Å². The monoisotopic (exact) mass is 481 g/mol. The molecule has 1 aliphatic carbocycles. The molecule has 0 unspecified atom stereocenters. The van der Waals surface area contributed by atoms with Crippen molar-refractivity contribution in [3.8, 4) is 0 Å². The Kier molecular flexibility index (Phi) is 5.67. The second-order valence-corrected chi connectivity index (χ2v) is 9.32. The first-order chi connectivity index (χ1) is 15.9. The van der Waals surface area contributed by atoms with Crippen molar-refractivity contribution >= 4 is 57.2 Å². The van der Waals surface area contributed by atoms with Crippen LogP contribution < -0.4 is 5.32 Å². The Bertz CT molecular complexity index is 1420. The largest absolute Gasteiger partial charge is 0.477 e. The van der Waals surface area contributed by atoms with E-state index in [0.29, 0.717) is 33.5 Å². The number of nitrogens with one attached hydrogen (secondary N) is 2. The predicted octanol–water partition coefficient (Wildman–Crippen LogP) is 4.60. The van der Waals surface area contributed by atoms with Gasteiger partial charge in [-0.15, -0.1) is 0 Å². The summed E-state index contributed by atoms with van der Waals surface area (Å²) in [6.07, 6.45) is 2.57. The van der Waals surface area contributed by atoms with Crippen LogP contribution in [0.25, 0.3) is 21.9 Å². The molecule has 3 heterocycles. The lowest BCUT2D eigenvalue weighted by Gasteiger charge is -2.08. The number of aromatic amines is 1. The predicted molar refractivity (Wildman–Crippen MR) is 126 cm³/mol. The lowest BCUT2D eigenvalue weighted by molar-refractivity contribution is -0.122. The van der Waals surface area contributed by atoms with E-state index >= 15 is 0 Å². The number of aromatic nitrogens is 4. The van der Waals surface area contributed by atoms with Gasteiger partial charge in [0.2, 0.25) is 5.91 Å². The fraction of sp³-hybridized carbons (Fsp3) is 0.261. The molecule has 3 N–H and O–H groups in total. The first kappa shape index (κ1) is 21.7. The van der Waals surface area contributed by atoms with Crippen LogP contribution in [0, 0.1) is 5.92 Å². The summed E-state index contributed by atoms with van der Waals surface area (Å²) >= 11 is 7.92. The molecular weight excluding hydrogens is 462 g/mol. The molecule has 1 fully saturated rings. The van der Waals surface area contributed by atoms with E-state index in [9.17, 15) is 14.7 Å². The summed E-state index contributed by atoms with van der Waals surface area (Å²) in [5, 5.41) is 14.8. The van der Waals surface area contributed by atoms with Crippen molar-refractivity contribution in [3.05, 3.63) is 52.4 Å². The van der Waals surface area contributed by atoms with E-state index in [1.54, 1.807) is 6.07 Å². The smallest absolute Gasteiger partial charge is 0.354 e. The Morgan fingerprint density at radius 1 is 1.21 bits per heavy atom. The maximum absolute atomic E-state index is 12.2. The standard InChI is InChI=1S/C23H20ClN5O3S/c1-2-14-19(24)18-17(10-25-21(30)12-3-4-12)28-23(29-20(18)27-14)33-13-7-5-11-6-8-15(22(31)32)26-16(11)9-13/h5-9,12H,2-4,10H2,1H3,(H,25,30)(H,31,32)(H,27,28,29). The molecule has 1 amide bonds. The van der Waals surface area contributed by atoms with E-state index in [1.807, 2.05) is 25.1 Å². The van der Waals surface area contributed by atoms with Crippen LogP contribution in [-0.4, -0.2) is 36.9 Å². The molecule has 10 heteroatoms. The van der Waals surface area contributed by atoms with Crippen LogP contribution in [0.3, 0.4) is 0 Å². The summed E-state index contributed by atoms with van der Waals surface area (Å²) < 4.78 is 0. The van der Waals surface area contributed by atoms with Crippen LogP contribution in [0.2, 0.25) is 5.02 Å². The Labute approximate surface area is 198 Å². The normalized spacial score (nSPS) is 13.5. The number of nitrogens with zero attached hydrogens (tertiary/aromatic N) is 3. The fourth-order valence-electron chi connectivity index (χ4n) is 3.62. The van der Waals surface area contributed by atoms with Gasteiger partial charge in [0.05, 0.1) is 28.2 Å². The molecule has 1 aliphatic rings. The number of fused-ring (bicyclic) bond motifs is 2. The zero-order chi connectivity index (χ0) is 23.1. The van der Waals surface area contributed by atoms with E-state index < -0.39 is 5.97 Å². The number of carbonyl (C=O) groups excluding carboxylic acids is 1. The van der Waals surface area contributed by atoms with Crippen molar-refractivity contribution in [2.45, 2.75) is 42.8 Å². The van der Waals surface area contributed by atoms with Crippen molar-refractivity contribution in [2.75, 3.05) is 0 Å². The Morgan fingerprint density at radius 3 is 2.73 bits per heavy atom. The summed E-state index contributed by atoms with van der Waals surface area (Å²) in [7, 11) is 0.